The Hall–Kier alpha value is -1.10. The van der Waals surface area contributed by atoms with E-state index in [1.54, 1.807) is 7.05 Å². The van der Waals surface area contributed by atoms with Gasteiger partial charge in [-0.2, -0.15) is 0 Å². The van der Waals surface area contributed by atoms with Crippen LogP contribution in [0.15, 0.2) is 0 Å². The summed E-state index contributed by atoms with van der Waals surface area (Å²) in [6, 6.07) is -0.000625. The van der Waals surface area contributed by atoms with Gasteiger partial charge in [0.1, 0.15) is 0 Å². The molecule has 1 saturated heterocycles. The molecule has 0 unspecified atom stereocenters. The first-order valence-corrected chi connectivity index (χ1v) is 4.50. The molecule has 0 spiro atoms. The zero-order valence-corrected chi connectivity index (χ0v) is 8.61. The van der Waals surface area contributed by atoms with Crippen molar-refractivity contribution in [1.82, 2.24) is 4.90 Å². The largest absolute Gasteiger partial charge is 0.480 e. The lowest BCUT2D eigenvalue weighted by Gasteiger charge is -2.39. The van der Waals surface area contributed by atoms with E-state index in [0.717, 1.165) is 0 Å². The number of carboxylic acid groups (broad SMARTS) is 1. The van der Waals surface area contributed by atoms with Gasteiger partial charge in [0.25, 0.3) is 0 Å². The lowest BCUT2D eigenvalue weighted by molar-refractivity contribution is -0.191. The Balaban J connectivity index is 2.81. The van der Waals surface area contributed by atoms with Crippen LogP contribution >= 0.6 is 0 Å². The average Bonchev–Trinajstić information content (AvgIpc) is 1.99. The topological polar surface area (TPSA) is 66.8 Å². The summed E-state index contributed by atoms with van der Waals surface area (Å²) >= 11 is 0. The summed E-state index contributed by atoms with van der Waals surface area (Å²) < 4.78 is 4.82. The highest BCUT2D eigenvalue weighted by molar-refractivity contribution is 6.03. The SMILES string of the molecule is CC(C)N(C)C(=O)C1(C(=O)O)COC1. The molecule has 14 heavy (non-hydrogen) atoms. The molecule has 1 fully saturated rings. The second kappa shape index (κ2) is 3.57. The molecule has 0 aromatic carbocycles. The molecule has 1 amide bonds. The zero-order chi connectivity index (χ0) is 10.9. The van der Waals surface area contributed by atoms with E-state index in [4.69, 9.17) is 9.84 Å². The highest BCUT2D eigenvalue weighted by Gasteiger charge is 2.54. The van der Waals surface area contributed by atoms with Crippen molar-refractivity contribution >= 4 is 11.9 Å². The molecule has 1 rings (SSSR count). The maximum absolute atomic E-state index is 11.8. The van der Waals surface area contributed by atoms with Gasteiger partial charge in [-0.3, -0.25) is 9.59 Å². The van der Waals surface area contributed by atoms with Gasteiger partial charge in [0.2, 0.25) is 5.91 Å². The highest BCUT2D eigenvalue weighted by atomic mass is 16.5. The van der Waals surface area contributed by atoms with Gasteiger partial charge >= 0.3 is 5.97 Å². The predicted octanol–water partition coefficient (Wildman–Crippen LogP) is -0.0456. The van der Waals surface area contributed by atoms with Gasteiger partial charge in [-0.15, -0.1) is 0 Å². The number of aliphatic carboxylic acids is 1. The fraction of sp³-hybridized carbons (Fsp3) is 0.778. The van der Waals surface area contributed by atoms with E-state index in [1.807, 2.05) is 13.8 Å². The third kappa shape index (κ3) is 1.48. The summed E-state index contributed by atoms with van der Waals surface area (Å²) in [7, 11) is 1.61. The number of carbonyl (C=O) groups is 2. The van der Waals surface area contributed by atoms with Gasteiger partial charge in [0, 0.05) is 13.1 Å². The van der Waals surface area contributed by atoms with Gasteiger partial charge < -0.3 is 14.7 Å². The Morgan fingerprint density at radius 1 is 1.43 bits per heavy atom. The molecule has 0 bridgehead atoms. The van der Waals surface area contributed by atoms with E-state index in [1.165, 1.54) is 4.90 Å². The molecule has 5 heteroatoms. The van der Waals surface area contributed by atoms with Crippen molar-refractivity contribution in [2.45, 2.75) is 19.9 Å². The van der Waals surface area contributed by atoms with E-state index in [9.17, 15) is 9.59 Å². The third-order valence-corrected chi connectivity index (χ3v) is 2.61. The minimum absolute atomic E-state index is 0.000625. The van der Waals surface area contributed by atoms with Crippen LogP contribution in [0.2, 0.25) is 0 Å². The Morgan fingerprint density at radius 3 is 2.14 bits per heavy atom. The molecule has 1 aliphatic rings. The van der Waals surface area contributed by atoms with Crippen LogP contribution < -0.4 is 0 Å². The number of ether oxygens (including phenoxy) is 1. The van der Waals surface area contributed by atoms with Crippen LogP contribution in [0.1, 0.15) is 13.8 Å². The minimum Gasteiger partial charge on any atom is -0.480 e. The van der Waals surface area contributed by atoms with E-state index >= 15 is 0 Å². The first-order valence-electron chi connectivity index (χ1n) is 4.50. The van der Waals surface area contributed by atoms with Crippen molar-refractivity contribution in [2.24, 2.45) is 5.41 Å². The van der Waals surface area contributed by atoms with Crippen molar-refractivity contribution < 1.29 is 19.4 Å². The Bertz CT molecular complexity index is 258. The van der Waals surface area contributed by atoms with E-state index in [2.05, 4.69) is 0 Å². The van der Waals surface area contributed by atoms with Crippen molar-refractivity contribution in [3.05, 3.63) is 0 Å². The van der Waals surface area contributed by atoms with Crippen LogP contribution in [0.5, 0.6) is 0 Å². The van der Waals surface area contributed by atoms with Crippen LogP contribution in [0.4, 0.5) is 0 Å². The number of rotatable bonds is 3. The van der Waals surface area contributed by atoms with Crippen LogP contribution in [0.25, 0.3) is 0 Å². The van der Waals surface area contributed by atoms with Gasteiger partial charge in [-0.1, -0.05) is 0 Å². The number of hydrogen-bond acceptors (Lipinski definition) is 3. The molecule has 1 N–H and O–H groups in total. The lowest BCUT2D eigenvalue weighted by atomic mass is 9.84. The molecule has 0 aromatic rings. The normalized spacial score (nSPS) is 18.9. The molecular weight excluding hydrogens is 186 g/mol. The van der Waals surface area contributed by atoms with Crippen LogP contribution in [0.3, 0.4) is 0 Å². The van der Waals surface area contributed by atoms with E-state index in [0.29, 0.717) is 0 Å². The summed E-state index contributed by atoms with van der Waals surface area (Å²) in [4.78, 5) is 24.2. The molecule has 1 aliphatic heterocycles. The lowest BCUT2D eigenvalue weighted by Crippen LogP contribution is -2.60. The smallest absolute Gasteiger partial charge is 0.324 e. The fourth-order valence-electron chi connectivity index (χ4n) is 1.22. The highest BCUT2D eigenvalue weighted by Crippen LogP contribution is 2.30. The summed E-state index contributed by atoms with van der Waals surface area (Å²) in [5.74, 6) is -1.47. The second-order valence-electron chi connectivity index (χ2n) is 3.89. The molecule has 1 heterocycles. The summed E-state index contributed by atoms with van der Waals surface area (Å²) in [5.41, 5.74) is -1.33. The van der Waals surface area contributed by atoms with E-state index in [-0.39, 0.29) is 25.2 Å². The van der Waals surface area contributed by atoms with Crippen LogP contribution in [0, 0.1) is 5.41 Å². The molecule has 0 radical (unpaired) electrons. The minimum atomic E-state index is -1.33. The third-order valence-electron chi connectivity index (χ3n) is 2.61. The number of hydrogen-bond donors (Lipinski definition) is 1. The Labute approximate surface area is 82.6 Å². The quantitative estimate of drug-likeness (QED) is 0.650. The fourth-order valence-corrected chi connectivity index (χ4v) is 1.22. The Morgan fingerprint density at radius 2 is 1.93 bits per heavy atom. The number of carbonyl (C=O) groups excluding carboxylic acids is 1. The van der Waals surface area contributed by atoms with Crippen molar-refractivity contribution in [2.75, 3.05) is 20.3 Å². The monoisotopic (exact) mass is 201 g/mol. The standard InChI is InChI=1S/C9H15NO4/c1-6(2)10(3)7(11)9(8(12)13)4-14-5-9/h6H,4-5H2,1-3H3,(H,12,13). The number of amides is 1. The molecular formula is C9H15NO4. The molecule has 0 atom stereocenters. The van der Waals surface area contributed by atoms with Gasteiger partial charge in [-0.05, 0) is 13.8 Å². The van der Waals surface area contributed by atoms with Gasteiger partial charge in [-0.25, -0.2) is 0 Å². The van der Waals surface area contributed by atoms with Crippen molar-refractivity contribution in [3.8, 4) is 0 Å². The van der Waals surface area contributed by atoms with E-state index < -0.39 is 11.4 Å². The number of carboxylic acids is 1. The average molecular weight is 201 g/mol. The molecule has 0 aromatic heterocycles. The first-order chi connectivity index (χ1) is 6.42. The Kier molecular flexibility index (Phi) is 2.80. The summed E-state index contributed by atoms with van der Waals surface area (Å²) in [5, 5.41) is 8.96. The molecule has 5 nitrogen and oxygen atoms in total. The molecule has 0 aliphatic carbocycles. The predicted molar refractivity (Wildman–Crippen MR) is 48.8 cm³/mol. The summed E-state index contributed by atoms with van der Waals surface area (Å²) in [6.45, 7) is 3.65. The molecule has 0 saturated carbocycles. The maximum atomic E-state index is 11.8. The number of nitrogens with zero attached hydrogens (tertiary/aromatic N) is 1. The van der Waals surface area contributed by atoms with Crippen LogP contribution in [-0.4, -0.2) is 48.2 Å². The molecule has 80 valence electrons. The first kappa shape index (κ1) is 11.0. The van der Waals surface area contributed by atoms with Gasteiger partial charge in [0.15, 0.2) is 5.41 Å². The maximum Gasteiger partial charge on any atom is 0.324 e. The van der Waals surface area contributed by atoms with Gasteiger partial charge in [0.05, 0.1) is 13.2 Å². The van der Waals surface area contributed by atoms with Crippen molar-refractivity contribution in [1.29, 1.82) is 0 Å². The van der Waals surface area contributed by atoms with Crippen LogP contribution in [-0.2, 0) is 14.3 Å². The zero-order valence-electron chi connectivity index (χ0n) is 8.61. The van der Waals surface area contributed by atoms with Crippen molar-refractivity contribution in [3.63, 3.8) is 0 Å². The summed E-state index contributed by atoms with van der Waals surface area (Å²) in [6.07, 6.45) is 0. The second-order valence-corrected chi connectivity index (χ2v) is 3.89.